The summed E-state index contributed by atoms with van der Waals surface area (Å²) in [6.07, 6.45) is -0.866. The summed E-state index contributed by atoms with van der Waals surface area (Å²) >= 11 is 0. The van der Waals surface area contributed by atoms with Gasteiger partial charge in [0.25, 0.3) is 12.4 Å². The molecule has 0 aliphatic carbocycles. The third kappa shape index (κ3) is 5.38. The first-order valence-electron chi connectivity index (χ1n) is 9.75. The van der Waals surface area contributed by atoms with Gasteiger partial charge < -0.3 is 15.1 Å². The van der Waals surface area contributed by atoms with Crippen molar-refractivity contribution >= 4 is 33.3 Å². The van der Waals surface area contributed by atoms with Crippen molar-refractivity contribution in [3.63, 3.8) is 0 Å². The van der Waals surface area contributed by atoms with Crippen LogP contribution in [0.25, 0.3) is 10.9 Å². The number of aliphatic hydroxyl groups is 1. The van der Waals surface area contributed by atoms with Crippen molar-refractivity contribution in [1.82, 2.24) is 14.2 Å². The Kier molecular flexibility index (Phi) is 7.74. The quantitative estimate of drug-likeness (QED) is 0.668. The molecule has 1 aliphatic heterocycles. The number of pyridine rings is 1. The van der Waals surface area contributed by atoms with Gasteiger partial charge in [-0.1, -0.05) is 11.6 Å². The Balaban J connectivity index is 0.00000107. The van der Waals surface area contributed by atoms with Crippen molar-refractivity contribution in [2.45, 2.75) is 26.9 Å². The lowest BCUT2D eigenvalue weighted by Crippen LogP contribution is -2.34. The molecular weight excluding hydrogens is 422 g/mol. The molecule has 0 unspecified atom stereocenters. The number of carbonyl (C=O) groups excluding carboxylic acids is 1. The predicted octanol–water partition coefficient (Wildman–Crippen LogP) is 1.19. The summed E-state index contributed by atoms with van der Waals surface area (Å²) in [5.41, 5.74) is 3.95. The Morgan fingerprint density at radius 3 is 2.45 bits per heavy atom. The van der Waals surface area contributed by atoms with Gasteiger partial charge in [-0.15, -0.1) is 0 Å². The Morgan fingerprint density at radius 1 is 1.26 bits per heavy atom. The standard InChI is InChI=1S/C20H27N3O4S.CH2O2/c1-12-6-7-17-16(8-12)19(13(2)14(3)21-17)20(25)23-9-15(18(24)10-23)11-28(26,27)22(4)5;2-1-3/h6-8,15,18,24H,9-11H2,1-5H3;1H,(H,2,3)/t15-,18-;/m0./s1. The summed E-state index contributed by atoms with van der Waals surface area (Å²) < 4.78 is 25.5. The highest BCUT2D eigenvalue weighted by molar-refractivity contribution is 7.89. The molecule has 2 heterocycles. The van der Waals surface area contributed by atoms with Crippen LogP contribution < -0.4 is 0 Å². The number of aryl methyl sites for hydroxylation is 2. The van der Waals surface area contributed by atoms with E-state index in [4.69, 9.17) is 9.90 Å². The molecule has 1 aromatic heterocycles. The van der Waals surface area contributed by atoms with E-state index in [0.29, 0.717) is 5.56 Å². The van der Waals surface area contributed by atoms with Crippen LogP contribution in [0.3, 0.4) is 0 Å². The Morgan fingerprint density at radius 2 is 1.87 bits per heavy atom. The number of β-amino-alcohol motifs (C(OH)–C–C–N with tert-alkyl or cyclic N) is 1. The smallest absolute Gasteiger partial charge is 0.290 e. The van der Waals surface area contributed by atoms with Crippen LogP contribution >= 0.6 is 0 Å². The summed E-state index contributed by atoms with van der Waals surface area (Å²) in [6.45, 7) is 5.79. The number of amides is 1. The zero-order valence-electron chi connectivity index (χ0n) is 18.4. The lowest BCUT2D eigenvalue weighted by molar-refractivity contribution is -0.122. The number of fused-ring (bicyclic) bond motifs is 1. The van der Waals surface area contributed by atoms with E-state index >= 15 is 0 Å². The van der Waals surface area contributed by atoms with Crippen molar-refractivity contribution in [2.24, 2.45) is 5.92 Å². The average Bonchev–Trinajstić information content (AvgIpc) is 3.03. The van der Waals surface area contributed by atoms with Crippen LogP contribution in [-0.2, 0) is 14.8 Å². The second-order valence-corrected chi connectivity index (χ2v) is 10.1. The third-order valence-electron chi connectivity index (χ3n) is 5.52. The van der Waals surface area contributed by atoms with E-state index in [2.05, 4.69) is 4.98 Å². The minimum atomic E-state index is -3.46. The minimum Gasteiger partial charge on any atom is -0.483 e. The summed E-state index contributed by atoms with van der Waals surface area (Å²) in [6, 6.07) is 5.81. The molecule has 31 heavy (non-hydrogen) atoms. The second-order valence-electron chi connectivity index (χ2n) is 7.92. The molecule has 1 amide bonds. The van der Waals surface area contributed by atoms with E-state index in [1.54, 1.807) is 4.90 Å². The van der Waals surface area contributed by atoms with Gasteiger partial charge in [-0.3, -0.25) is 14.6 Å². The summed E-state index contributed by atoms with van der Waals surface area (Å²) in [5.74, 6) is -0.880. The van der Waals surface area contributed by atoms with E-state index in [-0.39, 0.29) is 31.2 Å². The van der Waals surface area contributed by atoms with Crippen LogP contribution in [0.4, 0.5) is 0 Å². The zero-order valence-corrected chi connectivity index (χ0v) is 19.2. The molecule has 1 aliphatic rings. The monoisotopic (exact) mass is 451 g/mol. The van der Waals surface area contributed by atoms with E-state index in [1.165, 1.54) is 14.1 Å². The van der Waals surface area contributed by atoms with E-state index in [9.17, 15) is 18.3 Å². The number of aliphatic hydroxyl groups excluding tert-OH is 1. The van der Waals surface area contributed by atoms with Crippen LogP contribution in [0.2, 0.25) is 0 Å². The number of aromatic nitrogens is 1. The molecule has 0 spiro atoms. The van der Waals surface area contributed by atoms with Crippen molar-refractivity contribution in [2.75, 3.05) is 32.9 Å². The summed E-state index contributed by atoms with van der Waals surface area (Å²) in [7, 11) is -0.519. The van der Waals surface area contributed by atoms with Gasteiger partial charge in [0.1, 0.15) is 0 Å². The molecule has 2 N–H and O–H groups in total. The lowest BCUT2D eigenvalue weighted by atomic mass is 9.99. The second kappa shape index (κ2) is 9.71. The van der Waals surface area contributed by atoms with Gasteiger partial charge in [-0.25, -0.2) is 12.7 Å². The SMILES string of the molecule is Cc1ccc2nc(C)c(C)c(C(=O)N3C[C@@H](CS(=O)(=O)N(C)C)[C@@H](O)C3)c2c1.O=CO. The highest BCUT2D eigenvalue weighted by Gasteiger charge is 2.38. The van der Waals surface area contributed by atoms with Crippen LogP contribution in [0.15, 0.2) is 18.2 Å². The molecule has 1 saturated heterocycles. The number of nitrogens with zero attached hydrogens (tertiary/aromatic N) is 3. The van der Waals surface area contributed by atoms with Gasteiger partial charge in [0.05, 0.1) is 22.9 Å². The first-order chi connectivity index (χ1) is 14.4. The number of benzene rings is 1. The van der Waals surface area contributed by atoms with Crippen LogP contribution in [-0.4, -0.2) is 84.2 Å². The molecule has 3 rings (SSSR count). The van der Waals surface area contributed by atoms with Crippen LogP contribution in [0.1, 0.15) is 27.2 Å². The molecule has 0 bridgehead atoms. The molecule has 0 radical (unpaired) electrons. The molecule has 10 heteroatoms. The molecule has 0 saturated carbocycles. The molecule has 170 valence electrons. The first-order valence-corrected chi connectivity index (χ1v) is 11.4. The predicted molar refractivity (Wildman–Crippen MR) is 118 cm³/mol. The molecular formula is C21H29N3O6S. The fraction of sp³-hybridized carbons (Fsp3) is 0.476. The van der Waals surface area contributed by atoms with Gasteiger partial charge in [-0.2, -0.15) is 0 Å². The summed E-state index contributed by atoms with van der Waals surface area (Å²) in [4.78, 5) is 27.9. The van der Waals surface area contributed by atoms with E-state index < -0.39 is 22.0 Å². The average molecular weight is 452 g/mol. The minimum absolute atomic E-state index is 0.126. The molecule has 2 aromatic rings. The number of rotatable bonds is 4. The Labute approximate surface area is 182 Å². The highest BCUT2D eigenvalue weighted by atomic mass is 32.2. The maximum Gasteiger partial charge on any atom is 0.290 e. The van der Waals surface area contributed by atoms with Gasteiger partial charge in [0.2, 0.25) is 10.0 Å². The largest absolute Gasteiger partial charge is 0.483 e. The molecule has 1 fully saturated rings. The van der Waals surface area contributed by atoms with Gasteiger partial charge in [0.15, 0.2) is 0 Å². The number of likely N-dealkylation sites (tertiary alicyclic amines) is 1. The fourth-order valence-corrected chi connectivity index (χ4v) is 4.80. The third-order valence-corrected chi connectivity index (χ3v) is 7.48. The maximum atomic E-state index is 13.4. The summed E-state index contributed by atoms with van der Waals surface area (Å²) in [5, 5.41) is 18.1. The topological polar surface area (TPSA) is 128 Å². The Bertz CT molecular complexity index is 1080. The molecule has 1 aromatic carbocycles. The highest BCUT2D eigenvalue weighted by Crippen LogP contribution is 2.28. The van der Waals surface area contributed by atoms with E-state index in [0.717, 1.165) is 32.0 Å². The van der Waals surface area contributed by atoms with Crippen molar-refractivity contribution < 1.29 is 28.2 Å². The van der Waals surface area contributed by atoms with Crippen molar-refractivity contribution in [1.29, 1.82) is 0 Å². The van der Waals surface area contributed by atoms with Gasteiger partial charge in [-0.05, 0) is 38.5 Å². The van der Waals surface area contributed by atoms with Crippen molar-refractivity contribution in [3.8, 4) is 0 Å². The van der Waals surface area contributed by atoms with Gasteiger partial charge >= 0.3 is 0 Å². The number of sulfonamides is 1. The molecule has 9 nitrogen and oxygen atoms in total. The van der Waals surface area contributed by atoms with Gasteiger partial charge in [0, 0.05) is 44.2 Å². The number of carboxylic acid groups (broad SMARTS) is 1. The fourth-order valence-electron chi connectivity index (χ4n) is 3.63. The normalized spacial score (nSPS) is 18.7. The maximum absolute atomic E-state index is 13.4. The van der Waals surface area contributed by atoms with Crippen LogP contribution in [0, 0.1) is 26.7 Å². The first kappa shape index (κ1) is 24.7. The number of hydrogen-bond acceptors (Lipinski definition) is 6. The molecule has 2 atom stereocenters. The number of hydrogen-bond donors (Lipinski definition) is 2. The lowest BCUT2D eigenvalue weighted by Gasteiger charge is -2.20. The number of carbonyl (C=O) groups is 2. The van der Waals surface area contributed by atoms with E-state index in [1.807, 2.05) is 39.0 Å². The Hall–Kier alpha value is -2.56. The zero-order chi connectivity index (χ0) is 23.5. The van der Waals surface area contributed by atoms with Crippen molar-refractivity contribution in [3.05, 3.63) is 40.6 Å². The van der Waals surface area contributed by atoms with Crippen LogP contribution in [0.5, 0.6) is 0 Å².